The number of aromatic hydroxyl groups is 1. The van der Waals surface area contributed by atoms with Gasteiger partial charge in [-0.1, -0.05) is 71.4 Å². The summed E-state index contributed by atoms with van der Waals surface area (Å²) in [6.45, 7) is 10.8. The zero-order valence-electron chi connectivity index (χ0n) is 22.3. The molecule has 4 aromatic rings. The van der Waals surface area contributed by atoms with Crippen LogP contribution in [-0.4, -0.2) is 26.0 Å². The standard InChI is InChI=1S/C30H36N4O2S/c1-6-8-9-20(7-2)29(36)31-22-12-17-27(28(35)18-22)34-32-25-16-15-24(19-26(25)33-34)37-23-13-10-21(11-14-23)30(3,4)5/h10-20,35H,6-9H2,1-5H3,(H,31,36). The molecule has 1 aromatic heterocycles. The van der Waals surface area contributed by atoms with E-state index in [9.17, 15) is 9.90 Å². The second-order valence-electron chi connectivity index (χ2n) is 10.5. The molecule has 0 spiro atoms. The molecule has 37 heavy (non-hydrogen) atoms. The van der Waals surface area contributed by atoms with Crippen LogP contribution < -0.4 is 5.32 Å². The average molecular weight is 517 g/mol. The van der Waals surface area contributed by atoms with Gasteiger partial charge in [0.05, 0.1) is 0 Å². The van der Waals surface area contributed by atoms with Crippen molar-refractivity contribution in [3.63, 3.8) is 0 Å². The van der Waals surface area contributed by atoms with Gasteiger partial charge in [0.15, 0.2) is 0 Å². The van der Waals surface area contributed by atoms with Crippen LogP contribution in [-0.2, 0) is 10.2 Å². The van der Waals surface area contributed by atoms with Gasteiger partial charge >= 0.3 is 0 Å². The Morgan fingerprint density at radius 3 is 2.32 bits per heavy atom. The number of phenols is 1. The lowest BCUT2D eigenvalue weighted by Gasteiger charge is -2.19. The lowest BCUT2D eigenvalue weighted by Crippen LogP contribution is -2.22. The third-order valence-electron chi connectivity index (χ3n) is 6.54. The first-order valence-electron chi connectivity index (χ1n) is 13.0. The van der Waals surface area contributed by atoms with Crippen LogP contribution in [0.2, 0.25) is 0 Å². The van der Waals surface area contributed by atoms with E-state index in [1.54, 1.807) is 30.0 Å². The second-order valence-corrected chi connectivity index (χ2v) is 11.6. The molecule has 0 bridgehead atoms. The molecule has 0 aliphatic heterocycles. The minimum atomic E-state index is -0.0247. The number of amides is 1. The summed E-state index contributed by atoms with van der Waals surface area (Å²) in [5, 5.41) is 22.8. The van der Waals surface area contributed by atoms with E-state index in [0.29, 0.717) is 11.4 Å². The maximum Gasteiger partial charge on any atom is 0.227 e. The number of rotatable bonds is 9. The van der Waals surface area contributed by atoms with Crippen molar-refractivity contribution in [1.29, 1.82) is 0 Å². The van der Waals surface area contributed by atoms with Crippen LogP contribution >= 0.6 is 11.8 Å². The van der Waals surface area contributed by atoms with Crippen molar-refractivity contribution in [2.45, 2.75) is 75.5 Å². The minimum Gasteiger partial charge on any atom is -0.506 e. The number of nitrogens with one attached hydrogen (secondary N) is 1. The predicted octanol–water partition coefficient (Wildman–Crippen LogP) is 7.73. The molecule has 1 heterocycles. The van der Waals surface area contributed by atoms with Crippen LogP contribution in [0.3, 0.4) is 0 Å². The van der Waals surface area contributed by atoms with Crippen LogP contribution in [0, 0.1) is 5.92 Å². The maximum absolute atomic E-state index is 12.6. The van der Waals surface area contributed by atoms with Gasteiger partial charge in [0.25, 0.3) is 0 Å². The Balaban J connectivity index is 1.49. The zero-order valence-corrected chi connectivity index (χ0v) is 23.1. The summed E-state index contributed by atoms with van der Waals surface area (Å²) in [5.41, 5.74) is 3.94. The Kier molecular flexibility index (Phi) is 8.22. The monoisotopic (exact) mass is 516 g/mol. The fourth-order valence-electron chi connectivity index (χ4n) is 4.21. The summed E-state index contributed by atoms with van der Waals surface area (Å²) < 4.78 is 0. The Hall–Kier alpha value is -3.32. The number of fused-ring (bicyclic) bond motifs is 1. The number of nitrogens with zero attached hydrogens (tertiary/aromatic N) is 3. The molecule has 0 saturated carbocycles. The van der Waals surface area contributed by atoms with Crippen molar-refractivity contribution >= 4 is 34.4 Å². The fraction of sp³-hybridized carbons (Fsp3) is 0.367. The van der Waals surface area contributed by atoms with E-state index in [-0.39, 0.29) is 23.0 Å². The van der Waals surface area contributed by atoms with Crippen LogP contribution in [0.4, 0.5) is 5.69 Å². The van der Waals surface area contributed by atoms with E-state index in [0.717, 1.165) is 46.5 Å². The van der Waals surface area contributed by atoms with E-state index in [1.807, 2.05) is 25.1 Å². The van der Waals surface area contributed by atoms with E-state index in [4.69, 9.17) is 0 Å². The SMILES string of the molecule is CCCCC(CC)C(=O)Nc1ccc(-n2nc3ccc(Sc4ccc(C(C)(C)C)cc4)cc3n2)c(O)c1. The molecule has 1 unspecified atom stereocenters. The molecule has 0 saturated heterocycles. The number of carbonyl (C=O) groups is 1. The second kappa shape index (κ2) is 11.4. The summed E-state index contributed by atoms with van der Waals surface area (Å²) >= 11 is 1.68. The quantitative estimate of drug-likeness (QED) is 0.238. The lowest BCUT2D eigenvalue weighted by molar-refractivity contribution is -0.120. The van der Waals surface area contributed by atoms with Gasteiger partial charge in [0, 0.05) is 27.5 Å². The van der Waals surface area contributed by atoms with Gasteiger partial charge in [0.2, 0.25) is 5.91 Å². The number of unbranched alkanes of at least 4 members (excludes halogenated alkanes) is 1. The first kappa shape index (κ1) is 26.7. The molecular weight excluding hydrogens is 480 g/mol. The third-order valence-corrected chi connectivity index (χ3v) is 7.53. The number of anilines is 1. The Morgan fingerprint density at radius 2 is 1.68 bits per heavy atom. The summed E-state index contributed by atoms with van der Waals surface area (Å²) in [4.78, 5) is 16.3. The molecule has 2 N–H and O–H groups in total. The van der Waals surface area contributed by atoms with Gasteiger partial charge in [-0.2, -0.15) is 0 Å². The normalized spacial score (nSPS) is 12.6. The highest BCUT2D eigenvalue weighted by atomic mass is 32.2. The van der Waals surface area contributed by atoms with Gasteiger partial charge < -0.3 is 10.4 Å². The minimum absolute atomic E-state index is 0.00764. The van der Waals surface area contributed by atoms with Crippen LogP contribution in [0.5, 0.6) is 5.75 Å². The molecule has 0 aliphatic rings. The van der Waals surface area contributed by atoms with Crippen molar-refractivity contribution in [2.24, 2.45) is 5.92 Å². The predicted molar refractivity (Wildman–Crippen MR) is 152 cm³/mol. The molecule has 1 amide bonds. The number of benzene rings is 3. The molecule has 0 radical (unpaired) electrons. The average Bonchev–Trinajstić information content (AvgIpc) is 3.27. The molecule has 6 nitrogen and oxygen atoms in total. The molecule has 194 valence electrons. The zero-order chi connectivity index (χ0) is 26.6. The van der Waals surface area contributed by atoms with Crippen molar-refractivity contribution in [3.8, 4) is 11.4 Å². The van der Waals surface area contributed by atoms with Crippen LogP contribution in [0.25, 0.3) is 16.7 Å². The molecule has 0 fully saturated rings. The number of hydrogen-bond acceptors (Lipinski definition) is 5. The van der Waals surface area contributed by atoms with E-state index >= 15 is 0 Å². The number of phenolic OH excluding ortho intramolecular Hbond substituents is 1. The highest BCUT2D eigenvalue weighted by molar-refractivity contribution is 7.99. The first-order chi connectivity index (χ1) is 17.7. The van der Waals surface area contributed by atoms with Crippen molar-refractivity contribution in [3.05, 3.63) is 66.2 Å². The topological polar surface area (TPSA) is 80.0 Å². The molecule has 3 aromatic carbocycles. The molecule has 4 rings (SSSR count). The largest absolute Gasteiger partial charge is 0.506 e. The fourth-order valence-corrected chi connectivity index (χ4v) is 5.06. The van der Waals surface area contributed by atoms with Crippen LogP contribution in [0.1, 0.15) is 65.9 Å². The molecule has 1 atom stereocenters. The highest BCUT2D eigenvalue weighted by Crippen LogP contribution is 2.32. The first-order valence-corrected chi connectivity index (χ1v) is 13.8. The summed E-state index contributed by atoms with van der Waals surface area (Å²) in [6, 6.07) is 19.7. The Bertz CT molecular complexity index is 1370. The van der Waals surface area contributed by atoms with Crippen molar-refractivity contribution in [2.75, 3.05) is 5.32 Å². The van der Waals surface area contributed by atoms with Gasteiger partial charge in [-0.15, -0.1) is 15.0 Å². The van der Waals surface area contributed by atoms with Crippen molar-refractivity contribution < 1.29 is 9.90 Å². The van der Waals surface area contributed by atoms with Crippen LogP contribution in [0.15, 0.2) is 70.5 Å². The molecule has 7 heteroatoms. The van der Waals surface area contributed by atoms with E-state index < -0.39 is 0 Å². The molecular formula is C30H36N4O2S. The third kappa shape index (κ3) is 6.52. The summed E-state index contributed by atoms with van der Waals surface area (Å²) in [5.74, 6) is -0.0271. The lowest BCUT2D eigenvalue weighted by atomic mass is 9.87. The van der Waals surface area contributed by atoms with Gasteiger partial charge in [-0.25, -0.2) is 0 Å². The Morgan fingerprint density at radius 1 is 0.973 bits per heavy atom. The number of hydrogen-bond donors (Lipinski definition) is 2. The number of carbonyl (C=O) groups excluding carboxylic acids is 1. The highest BCUT2D eigenvalue weighted by Gasteiger charge is 2.17. The smallest absolute Gasteiger partial charge is 0.227 e. The van der Waals surface area contributed by atoms with Crippen molar-refractivity contribution in [1.82, 2.24) is 15.0 Å². The maximum atomic E-state index is 12.6. The number of aromatic nitrogens is 3. The van der Waals surface area contributed by atoms with Gasteiger partial charge in [-0.05, 0) is 66.3 Å². The van der Waals surface area contributed by atoms with E-state index in [2.05, 4.69) is 67.5 Å². The Labute approximate surface area is 223 Å². The van der Waals surface area contributed by atoms with Gasteiger partial charge in [0.1, 0.15) is 22.5 Å². The summed E-state index contributed by atoms with van der Waals surface area (Å²) in [7, 11) is 0. The van der Waals surface area contributed by atoms with Gasteiger partial charge in [-0.3, -0.25) is 4.79 Å². The molecule has 0 aliphatic carbocycles. The summed E-state index contributed by atoms with van der Waals surface area (Å²) in [6.07, 6.45) is 3.75. The van der Waals surface area contributed by atoms with E-state index in [1.165, 1.54) is 10.4 Å².